The fourth-order valence-electron chi connectivity index (χ4n) is 7.66. The Morgan fingerprint density at radius 2 is 1.71 bits per heavy atom. The minimum Gasteiger partial charge on any atom is -0.460 e. The van der Waals surface area contributed by atoms with E-state index in [-0.39, 0.29) is 48.3 Å². The summed E-state index contributed by atoms with van der Waals surface area (Å²) >= 11 is 0. The van der Waals surface area contributed by atoms with E-state index in [1.807, 2.05) is 6.08 Å². The molecular formula is C27H41N3O5. The summed E-state index contributed by atoms with van der Waals surface area (Å²) in [7, 11) is 3.55. The lowest BCUT2D eigenvalue weighted by molar-refractivity contribution is -0.159. The average molecular weight is 488 g/mol. The molecule has 0 aromatic rings. The number of esters is 1. The smallest absolute Gasteiger partial charge is 0.325 e. The number of ether oxygens (including phenoxy) is 1. The second-order valence-electron chi connectivity index (χ2n) is 11.9. The number of ketones is 1. The topological polar surface area (TPSA) is 105 Å². The second kappa shape index (κ2) is 10.0. The van der Waals surface area contributed by atoms with Crippen LogP contribution in [-0.2, 0) is 23.9 Å². The summed E-state index contributed by atoms with van der Waals surface area (Å²) in [6, 6.07) is 0. The van der Waals surface area contributed by atoms with Crippen LogP contribution in [0.25, 0.3) is 0 Å². The lowest BCUT2D eigenvalue weighted by atomic mass is 9.47. The fourth-order valence-corrected chi connectivity index (χ4v) is 7.66. The van der Waals surface area contributed by atoms with E-state index in [0.717, 1.165) is 44.9 Å². The van der Waals surface area contributed by atoms with Crippen LogP contribution in [0.2, 0.25) is 0 Å². The van der Waals surface area contributed by atoms with Gasteiger partial charge in [0.25, 0.3) is 0 Å². The minimum atomic E-state index is -0.418. The van der Waals surface area contributed by atoms with Gasteiger partial charge in [-0.15, -0.1) is 0 Å². The lowest BCUT2D eigenvalue weighted by Crippen LogP contribution is -2.52. The Bertz CT molecular complexity index is 914. The highest BCUT2D eigenvalue weighted by Gasteiger charge is 2.59. The first-order valence-electron chi connectivity index (χ1n) is 13.1. The molecular weight excluding hydrogens is 446 g/mol. The summed E-state index contributed by atoms with van der Waals surface area (Å²) in [5.41, 5.74) is 1.47. The van der Waals surface area contributed by atoms with Crippen LogP contribution < -0.4 is 10.6 Å². The zero-order valence-electron chi connectivity index (χ0n) is 21.7. The summed E-state index contributed by atoms with van der Waals surface area (Å²) in [6.45, 7) is 4.52. The van der Waals surface area contributed by atoms with Crippen molar-refractivity contribution in [2.24, 2.45) is 28.6 Å². The summed E-state index contributed by atoms with van der Waals surface area (Å²) in [6.07, 6.45) is 9.63. The van der Waals surface area contributed by atoms with Crippen molar-refractivity contribution in [1.29, 1.82) is 0 Å². The van der Waals surface area contributed by atoms with Crippen molar-refractivity contribution in [3.8, 4) is 0 Å². The van der Waals surface area contributed by atoms with Crippen LogP contribution in [0.15, 0.2) is 11.6 Å². The van der Waals surface area contributed by atoms with Crippen molar-refractivity contribution >= 4 is 23.6 Å². The molecule has 2 N–H and O–H groups in total. The van der Waals surface area contributed by atoms with Crippen molar-refractivity contribution < 1.29 is 23.9 Å². The van der Waals surface area contributed by atoms with Crippen molar-refractivity contribution in [1.82, 2.24) is 15.5 Å². The maximum Gasteiger partial charge on any atom is 0.325 e. The van der Waals surface area contributed by atoms with E-state index in [9.17, 15) is 19.2 Å². The van der Waals surface area contributed by atoms with Gasteiger partial charge in [-0.1, -0.05) is 19.4 Å². The second-order valence-corrected chi connectivity index (χ2v) is 11.9. The van der Waals surface area contributed by atoms with Crippen molar-refractivity contribution in [3.05, 3.63) is 11.6 Å². The maximum atomic E-state index is 12.6. The predicted octanol–water partition coefficient (Wildman–Crippen LogP) is 2.22. The third-order valence-corrected chi connectivity index (χ3v) is 9.48. The zero-order chi connectivity index (χ0) is 25.4. The standard InChI is InChI=1S/C27H41N3O5/c1-26-11-9-18(31)13-17(26)5-6-19-20-7-8-22(27(20,2)12-10-21(19)26)35-25(34)15-29-23(32)14-28-24(33)16-30(3)4/h13,19-22H,5-12,14-16H2,1-4H3,(H,28,33)(H,29,32)/t19-,20-,21-,22-,26-,27-/m0/s1. The van der Waals surface area contributed by atoms with Crippen molar-refractivity contribution in [2.45, 2.75) is 71.3 Å². The summed E-state index contributed by atoms with van der Waals surface area (Å²) in [4.78, 5) is 50.0. The van der Waals surface area contributed by atoms with E-state index in [2.05, 4.69) is 24.5 Å². The van der Waals surface area contributed by atoms with E-state index in [1.54, 1.807) is 19.0 Å². The van der Waals surface area contributed by atoms with Gasteiger partial charge >= 0.3 is 5.97 Å². The first-order valence-corrected chi connectivity index (χ1v) is 13.1. The molecule has 6 atom stereocenters. The highest BCUT2D eigenvalue weighted by atomic mass is 16.5. The highest BCUT2D eigenvalue weighted by molar-refractivity contribution is 5.91. The van der Waals surface area contributed by atoms with Gasteiger partial charge in [0.15, 0.2) is 5.78 Å². The number of nitrogens with one attached hydrogen (secondary N) is 2. The Balaban J connectivity index is 1.30. The fraction of sp³-hybridized carbons (Fsp3) is 0.778. The molecule has 2 amide bonds. The molecule has 0 unspecified atom stereocenters. The van der Waals surface area contributed by atoms with Crippen LogP contribution in [0.3, 0.4) is 0 Å². The lowest BCUT2D eigenvalue weighted by Gasteiger charge is -2.57. The van der Waals surface area contributed by atoms with Gasteiger partial charge in [0.1, 0.15) is 12.6 Å². The van der Waals surface area contributed by atoms with Gasteiger partial charge in [0.05, 0.1) is 13.1 Å². The molecule has 0 aromatic carbocycles. The molecule has 4 aliphatic rings. The number of hydrogen-bond donors (Lipinski definition) is 2. The van der Waals surface area contributed by atoms with Crippen molar-refractivity contribution in [2.75, 3.05) is 33.7 Å². The van der Waals surface area contributed by atoms with Gasteiger partial charge in [-0.05, 0) is 88.3 Å². The predicted molar refractivity (Wildman–Crippen MR) is 131 cm³/mol. The molecule has 35 heavy (non-hydrogen) atoms. The third-order valence-electron chi connectivity index (χ3n) is 9.48. The first-order chi connectivity index (χ1) is 16.5. The molecule has 194 valence electrons. The zero-order valence-corrected chi connectivity index (χ0v) is 21.7. The number of likely N-dealkylation sites (N-methyl/N-ethyl adjacent to an activating group) is 1. The molecule has 0 bridgehead atoms. The molecule has 0 aromatic heterocycles. The SMILES string of the molecule is CN(C)CC(=O)NCC(=O)NCC(=O)O[C@H]1CC[C@H]2[C@@H]3CCC4=CC(=O)CC[C@]4(C)[C@H]3CC[C@]12C. The van der Waals surface area contributed by atoms with Crippen molar-refractivity contribution in [3.63, 3.8) is 0 Å². The first kappa shape index (κ1) is 25.9. The Labute approximate surface area is 208 Å². The van der Waals surface area contributed by atoms with E-state index >= 15 is 0 Å². The monoisotopic (exact) mass is 487 g/mol. The van der Waals surface area contributed by atoms with Gasteiger partial charge in [0.2, 0.25) is 11.8 Å². The van der Waals surface area contributed by atoms with E-state index in [4.69, 9.17) is 4.74 Å². The van der Waals surface area contributed by atoms with Gasteiger partial charge in [0, 0.05) is 11.8 Å². The van der Waals surface area contributed by atoms with Crippen LogP contribution in [-0.4, -0.2) is 68.3 Å². The van der Waals surface area contributed by atoms with Crippen LogP contribution >= 0.6 is 0 Å². The third kappa shape index (κ3) is 5.18. The number of hydrogen-bond acceptors (Lipinski definition) is 6. The molecule has 3 fully saturated rings. The Kier molecular flexibility index (Phi) is 7.41. The molecule has 0 aliphatic heterocycles. The summed E-state index contributed by atoms with van der Waals surface area (Å²) in [5.74, 6) is 0.952. The molecule has 0 radical (unpaired) electrons. The molecule has 3 saturated carbocycles. The molecule has 0 saturated heterocycles. The normalized spacial score (nSPS) is 35.9. The van der Waals surface area contributed by atoms with E-state index in [0.29, 0.717) is 24.2 Å². The quantitative estimate of drug-likeness (QED) is 0.534. The van der Waals surface area contributed by atoms with Crippen LogP contribution in [0.1, 0.15) is 65.2 Å². The van der Waals surface area contributed by atoms with Gasteiger partial charge in [-0.3, -0.25) is 19.2 Å². The number of carbonyl (C=O) groups excluding carboxylic acids is 4. The number of amides is 2. The van der Waals surface area contributed by atoms with Gasteiger partial charge in [-0.25, -0.2) is 0 Å². The Morgan fingerprint density at radius 3 is 2.46 bits per heavy atom. The molecule has 8 nitrogen and oxygen atoms in total. The van der Waals surface area contributed by atoms with Crippen LogP contribution in [0, 0.1) is 28.6 Å². The van der Waals surface area contributed by atoms with Gasteiger partial charge < -0.3 is 20.3 Å². The summed E-state index contributed by atoms with van der Waals surface area (Å²) < 4.78 is 5.93. The summed E-state index contributed by atoms with van der Waals surface area (Å²) in [5, 5.41) is 5.10. The highest BCUT2D eigenvalue weighted by Crippen LogP contribution is 2.65. The molecule has 0 heterocycles. The average Bonchev–Trinajstić information content (AvgIpc) is 3.12. The number of allylic oxidation sites excluding steroid dienone is 1. The number of rotatable bonds is 7. The maximum absolute atomic E-state index is 12.6. The van der Waals surface area contributed by atoms with Crippen LogP contribution in [0.4, 0.5) is 0 Å². The number of fused-ring (bicyclic) bond motifs is 5. The van der Waals surface area contributed by atoms with E-state index < -0.39 is 11.9 Å². The Morgan fingerprint density at radius 1 is 0.971 bits per heavy atom. The number of nitrogens with zero attached hydrogens (tertiary/aromatic N) is 1. The minimum absolute atomic E-state index is 0.0386. The molecule has 4 rings (SSSR count). The van der Waals surface area contributed by atoms with Crippen LogP contribution in [0.5, 0.6) is 0 Å². The molecule has 4 aliphatic carbocycles. The Hall–Kier alpha value is -2.22. The van der Waals surface area contributed by atoms with Gasteiger partial charge in [-0.2, -0.15) is 0 Å². The molecule has 8 heteroatoms. The molecule has 0 spiro atoms. The van der Waals surface area contributed by atoms with E-state index in [1.165, 1.54) is 5.57 Å². The largest absolute Gasteiger partial charge is 0.460 e. The number of carbonyl (C=O) groups is 4.